The highest BCUT2D eigenvalue weighted by atomic mass is 32.2. The van der Waals surface area contributed by atoms with Crippen molar-refractivity contribution < 1.29 is 8.42 Å². The molecular weight excluding hydrogens is 372 g/mol. The first-order chi connectivity index (χ1) is 13.2. The molecule has 6 nitrogen and oxygen atoms in total. The number of aromatic nitrogens is 2. The summed E-state index contributed by atoms with van der Waals surface area (Å²) in [6, 6.07) is 16.0. The minimum atomic E-state index is -3.66. The van der Waals surface area contributed by atoms with Gasteiger partial charge in [0.2, 0.25) is 0 Å². The van der Waals surface area contributed by atoms with Gasteiger partial charge in [0.1, 0.15) is 5.82 Å². The minimum absolute atomic E-state index is 0.0300. The monoisotopic (exact) mass is 396 g/mol. The summed E-state index contributed by atoms with van der Waals surface area (Å²) in [5.74, 6) is 0.642. The number of sulfonamides is 1. The summed E-state index contributed by atoms with van der Waals surface area (Å²) in [7, 11) is -3.66. The fourth-order valence-corrected chi connectivity index (χ4v) is 3.63. The number of nitrogens with one attached hydrogen (secondary N) is 2. The summed E-state index contributed by atoms with van der Waals surface area (Å²) in [4.78, 5) is 8.71. The predicted octanol–water partition coefficient (Wildman–Crippen LogP) is 4.19. The summed E-state index contributed by atoms with van der Waals surface area (Å²) >= 11 is 0. The summed E-state index contributed by atoms with van der Waals surface area (Å²) < 4.78 is 27.8. The average molecular weight is 397 g/mol. The van der Waals surface area contributed by atoms with Gasteiger partial charge in [0.25, 0.3) is 10.0 Å². The van der Waals surface area contributed by atoms with Crippen molar-refractivity contribution in [2.24, 2.45) is 0 Å². The number of benzene rings is 1. The van der Waals surface area contributed by atoms with E-state index in [1.807, 2.05) is 30.3 Å². The lowest BCUT2D eigenvalue weighted by atomic mass is 9.87. The number of anilines is 2. The Labute approximate surface area is 166 Å². The van der Waals surface area contributed by atoms with E-state index in [2.05, 4.69) is 40.8 Å². The van der Waals surface area contributed by atoms with Crippen molar-refractivity contribution in [3.63, 3.8) is 0 Å². The maximum atomic E-state index is 12.6. The van der Waals surface area contributed by atoms with Crippen LogP contribution in [0.25, 0.3) is 0 Å². The summed E-state index contributed by atoms with van der Waals surface area (Å²) in [5, 5.41) is 3.15. The van der Waals surface area contributed by atoms with Crippen molar-refractivity contribution in [3.8, 4) is 0 Å². The van der Waals surface area contributed by atoms with Crippen LogP contribution in [0.4, 0.5) is 11.5 Å². The molecule has 0 radical (unpaired) electrons. The molecule has 0 saturated heterocycles. The van der Waals surface area contributed by atoms with Crippen molar-refractivity contribution in [1.82, 2.24) is 9.97 Å². The highest BCUT2D eigenvalue weighted by molar-refractivity contribution is 7.92. The quantitative estimate of drug-likeness (QED) is 0.653. The smallest absolute Gasteiger partial charge is 0.261 e. The maximum Gasteiger partial charge on any atom is 0.261 e. The van der Waals surface area contributed by atoms with Gasteiger partial charge < -0.3 is 5.32 Å². The standard InChI is InChI=1S/C21H24N4O2S/c1-21(2,3)16-7-10-19(11-8-16)28(26,27)25-18-9-12-20(24-15-18)23-14-17-6-4-5-13-22-17/h4-13,15,25H,14H2,1-3H3,(H,23,24). The Morgan fingerprint density at radius 2 is 1.68 bits per heavy atom. The normalized spacial score (nSPS) is 11.8. The molecule has 0 fully saturated rings. The van der Waals surface area contributed by atoms with Gasteiger partial charge in [-0.05, 0) is 47.4 Å². The van der Waals surface area contributed by atoms with Crippen LogP contribution in [0.1, 0.15) is 32.0 Å². The topological polar surface area (TPSA) is 84.0 Å². The van der Waals surface area contributed by atoms with E-state index in [9.17, 15) is 8.42 Å². The molecule has 2 N–H and O–H groups in total. The van der Waals surface area contributed by atoms with Crippen LogP contribution in [0.3, 0.4) is 0 Å². The second-order valence-corrected chi connectivity index (χ2v) is 9.17. The van der Waals surface area contributed by atoms with Crippen molar-refractivity contribution in [2.75, 3.05) is 10.0 Å². The highest BCUT2D eigenvalue weighted by Crippen LogP contribution is 2.24. The Balaban J connectivity index is 1.65. The second kappa shape index (κ2) is 7.98. The summed E-state index contributed by atoms with van der Waals surface area (Å²) in [6.45, 7) is 6.80. The molecule has 0 atom stereocenters. The number of rotatable bonds is 6. The fourth-order valence-electron chi connectivity index (χ4n) is 2.59. The number of hydrogen-bond acceptors (Lipinski definition) is 5. The molecule has 0 amide bonds. The van der Waals surface area contributed by atoms with Gasteiger partial charge in [-0.25, -0.2) is 13.4 Å². The van der Waals surface area contributed by atoms with Crippen LogP contribution in [-0.2, 0) is 22.0 Å². The number of nitrogens with zero attached hydrogens (tertiary/aromatic N) is 2. The molecule has 3 aromatic rings. The van der Waals surface area contributed by atoms with Crippen molar-refractivity contribution in [3.05, 3.63) is 78.2 Å². The molecule has 3 rings (SSSR count). The van der Waals surface area contributed by atoms with Crippen LogP contribution < -0.4 is 10.0 Å². The zero-order valence-corrected chi connectivity index (χ0v) is 17.0. The zero-order valence-electron chi connectivity index (χ0n) is 16.2. The Kier molecular flexibility index (Phi) is 5.65. The molecule has 0 saturated carbocycles. The first kappa shape index (κ1) is 19.8. The van der Waals surface area contributed by atoms with Gasteiger partial charge in [-0.15, -0.1) is 0 Å². The van der Waals surface area contributed by atoms with E-state index in [4.69, 9.17) is 0 Å². The molecule has 1 aromatic carbocycles. The van der Waals surface area contributed by atoms with Gasteiger partial charge in [0.15, 0.2) is 0 Å². The third-order valence-corrected chi connectivity index (χ3v) is 5.62. The van der Waals surface area contributed by atoms with Crippen molar-refractivity contribution >= 4 is 21.5 Å². The van der Waals surface area contributed by atoms with E-state index >= 15 is 0 Å². The molecule has 0 bridgehead atoms. The first-order valence-electron chi connectivity index (χ1n) is 8.97. The van der Waals surface area contributed by atoms with Crippen LogP contribution in [0.5, 0.6) is 0 Å². The molecule has 7 heteroatoms. The molecule has 0 spiro atoms. The molecule has 0 unspecified atom stereocenters. The van der Waals surface area contributed by atoms with Gasteiger partial charge in [-0.1, -0.05) is 39.0 Å². The summed E-state index contributed by atoms with van der Waals surface area (Å²) in [5.41, 5.74) is 2.35. The third-order valence-electron chi connectivity index (χ3n) is 4.22. The van der Waals surface area contributed by atoms with Crippen molar-refractivity contribution in [1.29, 1.82) is 0 Å². The zero-order chi connectivity index (χ0) is 20.2. The van der Waals surface area contributed by atoms with Crippen LogP contribution in [0.15, 0.2) is 71.9 Å². The highest BCUT2D eigenvalue weighted by Gasteiger charge is 2.17. The van der Waals surface area contributed by atoms with Gasteiger partial charge in [0, 0.05) is 6.20 Å². The SMILES string of the molecule is CC(C)(C)c1ccc(S(=O)(=O)Nc2ccc(NCc3ccccn3)nc2)cc1. The third kappa shape index (κ3) is 5.07. The van der Waals surface area contributed by atoms with Gasteiger partial charge in [-0.3, -0.25) is 9.71 Å². The van der Waals surface area contributed by atoms with E-state index in [1.54, 1.807) is 30.5 Å². The van der Waals surface area contributed by atoms with Gasteiger partial charge in [-0.2, -0.15) is 0 Å². The fraction of sp³-hybridized carbons (Fsp3) is 0.238. The van der Waals surface area contributed by atoms with E-state index in [1.165, 1.54) is 6.20 Å². The lowest BCUT2D eigenvalue weighted by Crippen LogP contribution is -2.15. The van der Waals surface area contributed by atoms with E-state index < -0.39 is 10.0 Å². The Morgan fingerprint density at radius 1 is 0.929 bits per heavy atom. The Hall–Kier alpha value is -2.93. The second-order valence-electron chi connectivity index (χ2n) is 7.49. The predicted molar refractivity (Wildman–Crippen MR) is 112 cm³/mol. The number of pyridine rings is 2. The van der Waals surface area contributed by atoms with Gasteiger partial charge in [0.05, 0.1) is 29.0 Å². The first-order valence-corrected chi connectivity index (χ1v) is 10.5. The van der Waals surface area contributed by atoms with E-state index in [-0.39, 0.29) is 10.3 Å². The lowest BCUT2D eigenvalue weighted by molar-refractivity contribution is 0.587. The molecule has 0 aliphatic heterocycles. The molecule has 146 valence electrons. The Bertz CT molecular complexity index is 1010. The van der Waals surface area contributed by atoms with Crippen LogP contribution in [-0.4, -0.2) is 18.4 Å². The molecule has 2 aromatic heterocycles. The van der Waals surface area contributed by atoms with E-state index in [0.29, 0.717) is 18.1 Å². The summed E-state index contributed by atoms with van der Waals surface area (Å²) in [6.07, 6.45) is 3.22. The van der Waals surface area contributed by atoms with E-state index in [0.717, 1.165) is 11.3 Å². The molecule has 0 aliphatic carbocycles. The van der Waals surface area contributed by atoms with Crippen molar-refractivity contribution in [2.45, 2.75) is 37.6 Å². The van der Waals surface area contributed by atoms with Gasteiger partial charge >= 0.3 is 0 Å². The molecule has 2 heterocycles. The Morgan fingerprint density at radius 3 is 2.25 bits per heavy atom. The number of hydrogen-bond donors (Lipinski definition) is 2. The molecular formula is C21H24N4O2S. The van der Waals surface area contributed by atoms with Crippen LogP contribution in [0, 0.1) is 0 Å². The van der Waals surface area contributed by atoms with Crippen LogP contribution in [0.2, 0.25) is 0 Å². The maximum absolute atomic E-state index is 12.6. The molecule has 28 heavy (non-hydrogen) atoms. The molecule has 0 aliphatic rings. The average Bonchev–Trinajstić information content (AvgIpc) is 2.67. The minimum Gasteiger partial charge on any atom is -0.364 e. The largest absolute Gasteiger partial charge is 0.364 e. The van der Waals surface area contributed by atoms with Crippen LogP contribution >= 0.6 is 0 Å². The lowest BCUT2D eigenvalue weighted by Gasteiger charge is -2.19.